The summed E-state index contributed by atoms with van der Waals surface area (Å²) < 4.78 is 17.0. The fourth-order valence-corrected chi connectivity index (χ4v) is 10.1. The Morgan fingerprint density at radius 1 is 0.266 bits per heavy atom. The number of allylic oxidation sites excluding steroid dienone is 12. The van der Waals surface area contributed by atoms with Crippen LogP contribution in [-0.4, -0.2) is 37.2 Å². The number of rotatable bonds is 63. The van der Waals surface area contributed by atoms with Crippen LogP contribution in [0.2, 0.25) is 0 Å². The van der Waals surface area contributed by atoms with Crippen molar-refractivity contribution in [3.63, 3.8) is 0 Å². The molecule has 0 amide bonds. The van der Waals surface area contributed by atoms with Crippen LogP contribution < -0.4 is 0 Å². The molecule has 0 aromatic heterocycles. The van der Waals surface area contributed by atoms with Crippen LogP contribution in [0.25, 0.3) is 0 Å². The zero-order chi connectivity index (χ0) is 57.1. The molecule has 0 heterocycles. The highest BCUT2D eigenvalue weighted by atomic mass is 16.6. The summed E-state index contributed by atoms with van der Waals surface area (Å²) in [7, 11) is 0. The van der Waals surface area contributed by atoms with E-state index in [0.29, 0.717) is 19.3 Å². The highest BCUT2D eigenvalue weighted by Crippen LogP contribution is 2.18. The number of carbonyl (C=O) groups excluding carboxylic acids is 3. The van der Waals surface area contributed by atoms with Crippen LogP contribution in [0.3, 0.4) is 0 Å². The molecule has 0 rings (SSSR count). The van der Waals surface area contributed by atoms with E-state index < -0.39 is 6.10 Å². The zero-order valence-electron chi connectivity index (χ0n) is 52.6. The van der Waals surface area contributed by atoms with E-state index in [0.717, 1.165) is 96.3 Å². The Bertz CT molecular complexity index is 1450. The lowest BCUT2D eigenvalue weighted by molar-refractivity contribution is -0.167. The predicted octanol–water partition coefficient (Wildman–Crippen LogP) is 23.7. The topological polar surface area (TPSA) is 78.9 Å². The molecule has 0 aromatic carbocycles. The quantitative estimate of drug-likeness (QED) is 0.0261. The number of unbranched alkanes of at least 4 members (excludes halogenated alkanes) is 40. The van der Waals surface area contributed by atoms with Gasteiger partial charge in [-0.25, -0.2) is 0 Å². The number of hydrogen-bond donors (Lipinski definition) is 0. The molecule has 1 atom stereocenters. The predicted molar refractivity (Wildman–Crippen MR) is 344 cm³/mol. The van der Waals surface area contributed by atoms with E-state index in [1.165, 1.54) is 218 Å². The van der Waals surface area contributed by atoms with Gasteiger partial charge in [0.15, 0.2) is 6.10 Å². The Hall–Kier alpha value is -3.15. The van der Waals surface area contributed by atoms with Gasteiger partial charge in [0.25, 0.3) is 0 Å². The Labute approximate surface area is 491 Å². The molecule has 0 saturated heterocycles. The maximum absolute atomic E-state index is 12.9. The fourth-order valence-electron chi connectivity index (χ4n) is 10.1. The summed E-state index contributed by atoms with van der Waals surface area (Å²) in [5.41, 5.74) is 0. The average molecular weight is 1100 g/mol. The molecule has 0 radical (unpaired) electrons. The SMILES string of the molecule is CC/C=C\C/C=C\C/C=C\C/C=C\C/C=C\CCCCCC(=O)OC(COC(=O)CCCCCCCCCCC/C=C\CCCCCCCC)COC(=O)CCCCCCCCCCCCCCCCCCCCCCCCC. The molecule has 1 unspecified atom stereocenters. The summed E-state index contributed by atoms with van der Waals surface area (Å²) >= 11 is 0. The minimum Gasteiger partial charge on any atom is -0.462 e. The van der Waals surface area contributed by atoms with Gasteiger partial charge in [-0.3, -0.25) is 14.4 Å². The van der Waals surface area contributed by atoms with E-state index in [-0.39, 0.29) is 31.1 Å². The first kappa shape index (κ1) is 75.8. The van der Waals surface area contributed by atoms with Crippen LogP contribution in [0.1, 0.15) is 355 Å². The Kier molecular flexibility index (Phi) is 64.7. The molecule has 79 heavy (non-hydrogen) atoms. The first-order valence-electron chi connectivity index (χ1n) is 34.4. The molecule has 0 spiro atoms. The van der Waals surface area contributed by atoms with Gasteiger partial charge in [-0.15, -0.1) is 0 Å². The number of ether oxygens (including phenoxy) is 3. The zero-order valence-corrected chi connectivity index (χ0v) is 52.6. The third-order valence-corrected chi connectivity index (χ3v) is 15.2. The van der Waals surface area contributed by atoms with Gasteiger partial charge in [0, 0.05) is 19.3 Å². The number of hydrogen-bond acceptors (Lipinski definition) is 6. The van der Waals surface area contributed by atoms with E-state index in [1.54, 1.807) is 0 Å². The van der Waals surface area contributed by atoms with Crippen molar-refractivity contribution in [1.29, 1.82) is 0 Å². The summed E-state index contributed by atoms with van der Waals surface area (Å²) in [6.07, 6.45) is 87.8. The molecule has 458 valence electrons. The third kappa shape index (κ3) is 65.5. The van der Waals surface area contributed by atoms with Crippen molar-refractivity contribution in [2.24, 2.45) is 0 Å². The first-order valence-corrected chi connectivity index (χ1v) is 34.4. The van der Waals surface area contributed by atoms with Crippen LogP contribution in [0.15, 0.2) is 72.9 Å². The van der Waals surface area contributed by atoms with E-state index in [9.17, 15) is 14.4 Å². The van der Waals surface area contributed by atoms with Crippen molar-refractivity contribution in [1.82, 2.24) is 0 Å². The molecule has 0 saturated carbocycles. The van der Waals surface area contributed by atoms with Crippen LogP contribution >= 0.6 is 0 Å². The molecule has 6 nitrogen and oxygen atoms in total. The largest absolute Gasteiger partial charge is 0.462 e. The fraction of sp³-hybridized carbons (Fsp3) is 0.795. The molecular weight excluding hydrogens is 973 g/mol. The molecule has 0 aliphatic carbocycles. The highest BCUT2D eigenvalue weighted by Gasteiger charge is 2.19. The summed E-state index contributed by atoms with van der Waals surface area (Å²) in [6.45, 7) is 6.55. The van der Waals surface area contributed by atoms with Crippen molar-refractivity contribution in [2.75, 3.05) is 13.2 Å². The lowest BCUT2D eigenvalue weighted by Gasteiger charge is -2.18. The van der Waals surface area contributed by atoms with Crippen molar-refractivity contribution < 1.29 is 28.6 Å². The molecule has 0 bridgehead atoms. The summed E-state index contributed by atoms with van der Waals surface area (Å²) in [5.74, 6) is -0.900. The second-order valence-corrected chi connectivity index (χ2v) is 23.1. The van der Waals surface area contributed by atoms with Crippen LogP contribution in [0, 0.1) is 0 Å². The third-order valence-electron chi connectivity index (χ3n) is 15.2. The lowest BCUT2D eigenvalue weighted by atomic mass is 10.0. The van der Waals surface area contributed by atoms with Gasteiger partial charge < -0.3 is 14.2 Å². The van der Waals surface area contributed by atoms with Gasteiger partial charge in [0.2, 0.25) is 0 Å². The van der Waals surface area contributed by atoms with Gasteiger partial charge in [0.05, 0.1) is 0 Å². The lowest BCUT2D eigenvalue weighted by Crippen LogP contribution is -2.30. The second-order valence-electron chi connectivity index (χ2n) is 23.1. The summed E-state index contributed by atoms with van der Waals surface area (Å²) in [5, 5.41) is 0. The van der Waals surface area contributed by atoms with Crippen LogP contribution in [0.4, 0.5) is 0 Å². The maximum atomic E-state index is 12.9. The maximum Gasteiger partial charge on any atom is 0.306 e. The summed E-state index contributed by atoms with van der Waals surface area (Å²) in [4.78, 5) is 38.4. The van der Waals surface area contributed by atoms with Gasteiger partial charge >= 0.3 is 17.9 Å². The molecule has 0 N–H and O–H groups in total. The minimum atomic E-state index is -0.794. The van der Waals surface area contributed by atoms with Crippen molar-refractivity contribution in [3.8, 4) is 0 Å². The highest BCUT2D eigenvalue weighted by molar-refractivity contribution is 5.71. The Balaban J connectivity index is 4.37. The standard InChI is InChI=1S/C73H130O6/c1-4-7-10-13-16-19-22-25-28-31-34-35-36-37-40-42-45-48-51-54-57-60-63-66-72(75)78-69-70(79-73(76)67-64-61-58-55-52-49-46-43-39-33-30-27-24-21-18-15-12-9-6-3)68-77-71(74)65-62-59-56-53-50-47-44-41-38-32-29-26-23-20-17-14-11-8-5-2/h9,12,18,21,26-27,29-30,39,43,49,52,70H,4-8,10-11,13-17,19-20,22-25,28,31-38,40-42,44-48,50-51,53-69H2,1-3H3/b12-9-,21-18-,29-26-,30-27-,43-39-,52-49-. The Morgan fingerprint density at radius 2 is 0.494 bits per heavy atom. The Morgan fingerprint density at radius 3 is 0.797 bits per heavy atom. The smallest absolute Gasteiger partial charge is 0.306 e. The van der Waals surface area contributed by atoms with Crippen molar-refractivity contribution in [3.05, 3.63) is 72.9 Å². The van der Waals surface area contributed by atoms with E-state index in [4.69, 9.17) is 14.2 Å². The normalized spacial score (nSPS) is 12.5. The monoisotopic (exact) mass is 1100 g/mol. The number of carbonyl (C=O) groups is 3. The van der Waals surface area contributed by atoms with Crippen LogP contribution in [0.5, 0.6) is 0 Å². The van der Waals surface area contributed by atoms with Gasteiger partial charge in [-0.2, -0.15) is 0 Å². The number of esters is 3. The van der Waals surface area contributed by atoms with E-state index in [1.807, 2.05) is 0 Å². The molecule has 0 aliphatic rings. The van der Waals surface area contributed by atoms with Crippen molar-refractivity contribution in [2.45, 2.75) is 361 Å². The van der Waals surface area contributed by atoms with E-state index >= 15 is 0 Å². The molecule has 6 heteroatoms. The van der Waals surface area contributed by atoms with Crippen molar-refractivity contribution >= 4 is 17.9 Å². The molecule has 0 aliphatic heterocycles. The van der Waals surface area contributed by atoms with Crippen LogP contribution in [-0.2, 0) is 28.6 Å². The first-order chi connectivity index (χ1) is 39.0. The van der Waals surface area contributed by atoms with Gasteiger partial charge in [0.1, 0.15) is 13.2 Å². The van der Waals surface area contributed by atoms with Gasteiger partial charge in [-0.1, -0.05) is 318 Å². The molecular formula is C73H130O6. The van der Waals surface area contributed by atoms with Gasteiger partial charge in [-0.05, 0) is 89.9 Å². The summed E-state index contributed by atoms with van der Waals surface area (Å²) in [6, 6.07) is 0. The molecule has 0 fully saturated rings. The van der Waals surface area contributed by atoms with E-state index in [2.05, 4.69) is 93.7 Å². The minimum absolute atomic E-state index is 0.0861. The second kappa shape index (κ2) is 67.4. The average Bonchev–Trinajstić information content (AvgIpc) is 3.45. The molecule has 0 aromatic rings.